The van der Waals surface area contributed by atoms with Crippen molar-refractivity contribution < 1.29 is 5.11 Å². The summed E-state index contributed by atoms with van der Waals surface area (Å²) in [5, 5.41) is 13.3. The number of piperazine rings is 1. The highest BCUT2D eigenvalue weighted by atomic mass is 16.3. The zero-order valence-corrected chi connectivity index (χ0v) is 13.7. The molecule has 0 radical (unpaired) electrons. The van der Waals surface area contributed by atoms with Crippen molar-refractivity contribution in [1.29, 1.82) is 0 Å². The maximum Gasteiger partial charge on any atom is 0.0611 e. The highest BCUT2D eigenvalue weighted by molar-refractivity contribution is 4.93. The second-order valence-electron chi connectivity index (χ2n) is 7.70. The Morgan fingerprint density at radius 3 is 2.29 bits per heavy atom. The van der Waals surface area contributed by atoms with E-state index in [9.17, 15) is 5.11 Å². The number of aliphatic hydroxyl groups is 1. The van der Waals surface area contributed by atoms with Gasteiger partial charge >= 0.3 is 0 Å². The molecule has 1 aliphatic heterocycles. The highest BCUT2D eigenvalue weighted by Gasteiger charge is 2.33. The van der Waals surface area contributed by atoms with Crippen molar-refractivity contribution in [2.24, 2.45) is 0 Å². The van der Waals surface area contributed by atoms with Crippen LogP contribution < -0.4 is 5.32 Å². The summed E-state index contributed by atoms with van der Waals surface area (Å²) < 4.78 is 0. The van der Waals surface area contributed by atoms with Gasteiger partial charge in [-0.15, -0.1) is 0 Å². The molecule has 2 aliphatic carbocycles. The van der Waals surface area contributed by atoms with E-state index in [1.165, 1.54) is 64.7 Å². The van der Waals surface area contributed by atoms with E-state index in [1.807, 2.05) is 0 Å². The SMILES string of the molecule is CC(CO)(CCN1CCN(C2CCCC2)CC1)NC1CC1. The lowest BCUT2D eigenvalue weighted by Crippen LogP contribution is -2.53. The summed E-state index contributed by atoms with van der Waals surface area (Å²) in [6.45, 7) is 8.47. The van der Waals surface area contributed by atoms with Crippen LogP contribution in [0.5, 0.6) is 0 Å². The molecule has 0 bridgehead atoms. The molecule has 1 saturated heterocycles. The molecule has 1 atom stereocenters. The molecule has 0 amide bonds. The van der Waals surface area contributed by atoms with Crippen LogP contribution in [0.3, 0.4) is 0 Å². The van der Waals surface area contributed by atoms with Crippen molar-refractivity contribution >= 4 is 0 Å². The summed E-state index contributed by atoms with van der Waals surface area (Å²) >= 11 is 0. The third-order valence-electron chi connectivity index (χ3n) is 5.71. The average molecular weight is 295 g/mol. The molecule has 2 N–H and O–H groups in total. The summed E-state index contributed by atoms with van der Waals surface area (Å²) in [5.41, 5.74) is -0.0796. The minimum absolute atomic E-state index is 0.0796. The van der Waals surface area contributed by atoms with Crippen molar-refractivity contribution in [2.45, 2.75) is 69.5 Å². The second-order valence-corrected chi connectivity index (χ2v) is 7.70. The van der Waals surface area contributed by atoms with Crippen LogP contribution in [0.15, 0.2) is 0 Å². The molecule has 0 aromatic rings. The Hall–Kier alpha value is -0.160. The van der Waals surface area contributed by atoms with Crippen molar-refractivity contribution in [3.8, 4) is 0 Å². The number of nitrogens with one attached hydrogen (secondary N) is 1. The zero-order valence-electron chi connectivity index (χ0n) is 13.7. The monoisotopic (exact) mass is 295 g/mol. The molecule has 3 fully saturated rings. The fourth-order valence-electron chi connectivity index (χ4n) is 3.94. The summed E-state index contributed by atoms with van der Waals surface area (Å²) in [6.07, 6.45) is 9.36. The van der Waals surface area contributed by atoms with Gasteiger partial charge in [0.1, 0.15) is 0 Å². The molecule has 1 heterocycles. The van der Waals surface area contributed by atoms with Gasteiger partial charge in [0.15, 0.2) is 0 Å². The number of hydrogen-bond donors (Lipinski definition) is 2. The largest absolute Gasteiger partial charge is 0.394 e. The van der Waals surface area contributed by atoms with Crippen LogP contribution in [0.1, 0.15) is 51.9 Å². The zero-order chi connectivity index (χ0) is 14.7. The van der Waals surface area contributed by atoms with Crippen LogP contribution in [0.4, 0.5) is 0 Å². The van der Waals surface area contributed by atoms with Gasteiger partial charge in [-0.05, 0) is 39.0 Å². The van der Waals surface area contributed by atoms with Crippen LogP contribution in [0.25, 0.3) is 0 Å². The Kier molecular flexibility index (Phi) is 5.20. The number of nitrogens with zero attached hydrogens (tertiary/aromatic N) is 2. The first-order valence-electron chi connectivity index (χ1n) is 9.03. The molecule has 0 spiro atoms. The molecule has 2 saturated carbocycles. The maximum atomic E-state index is 9.69. The fourth-order valence-corrected chi connectivity index (χ4v) is 3.94. The molecular formula is C17H33N3O. The van der Waals surface area contributed by atoms with Crippen LogP contribution in [0, 0.1) is 0 Å². The van der Waals surface area contributed by atoms with E-state index in [0.717, 1.165) is 19.0 Å². The number of aliphatic hydroxyl groups excluding tert-OH is 1. The van der Waals surface area contributed by atoms with E-state index in [4.69, 9.17) is 0 Å². The predicted molar refractivity (Wildman–Crippen MR) is 86.5 cm³/mol. The van der Waals surface area contributed by atoms with Gasteiger partial charge in [-0.2, -0.15) is 0 Å². The molecular weight excluding hydrogens is 262 g/mol. The van der Waals surface area contributed by atoms with Gasteiger partial charge in [-0.1, -0.05) is 12.8 Å². The van der Waals surface area contributed by atoms with E-state index >= 15 is 0 Å². The Balaban J connectivity index is 1.38. The normalized spacial score (nSPS) is 28.9. The molecule has 3 aliphatic rings. The van der Waals surface area contributed by atoms with Crippen LogP contribution in [-0.4, -0.2) is 71.9 Å². The average Bonchev–Trinajstić information content (AvgIpc) is 3.15. The first-order chi connectivity index (χ1) is 10.2. The minimum Gasteiger partial charge on any atom is -0.394 e. The quantitative estimate of drug-likeness (QED) is 0.745. The lowest BCUT2D eigenvalue weighted by Gasteiger charge is -2.39. The third-order valence-corrected chi connectivity index (χ3v) is 5.71. The molecule has 122 valence electrons. The fraction of sp³-hybridized carbons (Fsp3) is 1.00. The first kappa shape index (κ1) is 15.7. The molecule has 4 nitrogen and oxygen atoms in total. The summed E-state index contributed by atoms with van der Waals surface area (Å²) in [4.78, 5) is 5.31. The lowest BCUT2D eigenvalue weighted by molar-refractivity contribution is 0.0831. The summed E-state index contributed by atoms with van der Waals surface area (Å²) in [5.74, 6) is 0. The molecule has 3 rings (SSSR count). The maximum absolute atomic E-state index is 9.69. The number of rotatable bonds is 7. The molecule has 0 aromatic heterocycles. The van der Waals surface area contributed by atoms with Gasteiger partial charge in [-0.25, -0.2) is 0 Å². The van der Waals surface area contributed by atoms with E-state index in [1.54, 1.807) is 0 Å². The standard InChI is InChI=1S/C17H33N3O/c1-17(14-21,18-15-6-7-15)8-9-19-10-12-20(13-11-19)16-4-2-3-5-16/h15-16,18,21H,2-14H2,1H3. The minimum atomic E-state index is -0.0796. The van der Waals surface area contributed by atoms with E-state index in [2.05, 4.69) is 22.0 Å². The van der Waals surface area contributed by atoms with E-state index < -0.39 is 0 Å². The van der Waals surface area contributed by atoms with Gasteiger partial charge < -0.3 is 15.3 Å². The smallest absolute Gasteiger partial charge is 0.0611 e. The Morgan fingerprint density at radius 1 is 1.05 bits per heavy atom. The van der Waals surface area contributed by atoms with Gasteiger partial charge in [0.2, 0.25) is 0 Å². The lowest BCUT2D eigenvalue weighted by atomic mass is 9.98. The van der Waals surface area contributed by atoms with Gasteiger partial charge in [0.25, 0.3) is 0 Å². The Labute approximate surface area is 129 Å². The third kappa shape index (κ3) is 4.41. The molecule has 0 aromatic carbocycles. The summed E-state index contributed by atoms with van der Waals surface area (Å²) in [6, 6.07) is 1.55. The molecule has 4 heteroatoms. The van der Waals surface area contributed by atoms with Crippen LogP contribution in [0.2, 0.25) is 0 Å². The Bertz CT molecular complexity index is 320. The van der Waals surface area contributed by atoms with E-state index in [0.29, 0.717) is 6.04 Å². The first-order valence-corrected chi connectivity index (χ1v) is 9.03. The molecule has 21 heavy (non-hydrogen) atoms. The molecule has 1 unspecified atom stereocenters. The van der Waals surface area contributed by atoms with Crippen molar-refractivity contribution in [3.05, 3.63) is 0 Å². The summed E-state index contributed by atoms with van der Waals surface area (Å²) in [7, 11) is 0. The topological polar surface area (TPSA) is 38.7 Å². The van der Waals surface area contributed by atoms with Crippen molar-refractivity contribution in [3.63, 3.8) is 0 Å². The number of hydrogen-bond acceptors (Lipinski definition) is 4. The van der Waals surface area contributed by atoms with Gasteiger partial charge in [0.05, 0.1) is 6.61 Å². The second kappa shape index (κ2) is 6.95. The van der Waals surface area contributed by atoms with Crippen LogP contribution in [-0.2, 0) is 0 Å². The highest BCUT2D eigenvalue weighted by Crippen LogP contribution is 2.26. The van der Waals surface area contributed by atoms with Gasteiger partial charge in [-0.3, -0.25) is 4.90 Å². The van der Waals surface area contributed by atoms with E-state index in [-0.39, 0.29) is 12.1 Å². The predicted octanol–water partition coefficient (Wildman–Crippen LogP) is 1.44. The van der Waals surface area contributed by atoms with Crippen LogP contribution >= 0.6 is 0 Å². The van der Waals surface area contributed by atoms with Crippen molar-refractivity contribution in [1.82, 2.24) is 15.1 Å². The van der Waals surface area contributed by atoms with Gasteiger partial charge in [0, 0.05) is 50.3 Å². The Morgan fingerprint density at radius 2 is 1.71 bits per heavy atom. The van der Waals surface area contributed by atoms with Crippen molar-refractivity contribution in [2.75, 3.05) is 39.3 Å².